The summed E-state index contributed by atoms with van der Waals surface area (Å²) in [6, 6.07) is 42.5. The van der Waals surface area contributed by atoms with Crippen molar-refractivity contribution < 1.29 is 0 Å². The molecule has 0 aliphatic carbocycles. The van der Waals surface area contributed by atoms with Crippen LogP contribution in [0.5, 0.6) is 0 Å². The molecule has 0 aliphatic rings. The molecule has 0 saturated heterocycles. The molecular formula is C32H24N2. The average Bonchev–Trinajstić information content (AvgIpc) is 2.90. The zero-order valence-corrected chi connectivity index (χ0v) is 18.9. The van der Waals surface area contributed by atoms with Crippen LogP contribution in [0.15, 0.2) is 121 Å². The molecule has 6 rings (SSSR count). The van der Waals surface area contributed by atoms with Gasteiger partial charge in [0.2, 0.25) is 0 Å². The highest BCUT2D eigenvalue weighted by molar-refractivity contribution is 5.86. The van der Waals surface area contributed by atoms with Crippen LogP contribution in [0, 0.1) is 0 Å². The summed E-state index contributed by atoms with van der Waals surface area (Å²) in [6.45, 7) is 0. The third-order valence-corrected chi connectivity index (χ3v) is 6.38. The molecule has 0 radical (unpaired) electrons. The second-order valence-corrected chi connectivity index (χ2v) is 8.66. The molecule has 0 spiro atoms. The first-order chi connectivity index (χ1) is 16.8. The van der Waals surface area contributed by atoms with Gasteiger partial charge in [0.1, 0.15) is 0 Å². The van der Waals surface area contributed by atoms with Crippen molar-refractivity contribution in [1.82, 2.24) is 9.97 Å². The fourth-order valence-corrected chi connectivity index (χ4v) is 4.72. The zero-order valence-electron chi connectivity index (χ0n) is 18.9. The fourth-order valence-electron chi connectivity index (χ4n) is 4.72. The molecule has 0 fully saturated rings. The van der Waals surface area contributed by atoms with Crippen molar-refractivity contribution in [2.45, 2.75) is 12.8 Å². The van der Waals surface area contributed by atoms with E-state index in [9.17, 15) is 0 Å². The molecular weight excluding hydrogens is 412 g/mol. The molecule has 34 heavy (non-hydrogen) atoms. The molecule has 162 valence electrons. The van der Waals surface area contributed by atoms with Crippen molar-refractivity contribution in [2.24, 2.45) is 0 Å². The standard InChI is InChI=1S/C32H24N2/c1-3-17-29-23(9-1)11-5-13-25(29)21-27-15-7-19-31(33-27)32-20-8-16-28(34-32)22-26-14-6-12-24-10-2-4-18-30(24)26/h1-20H,21-22H2. The maximum atomic E-state index is 4.98. The van der Waals surface area contributed by atoms with Crippen molar-refractivity contribution >= 4 is 21.5 Å². The third-order valence-electron chi connectivity index (χ3n) is 6.38. The Hall–Kier alpha value is -4.30. The van der Waals surface area contributed by atoms with Crippen LogP contribution in [-0.2, 0) is 12.8 Å². The molecule has 0 bridgehead atoms. The van der Waals surface area contributed by atoms with E-state index in [0.29, 0.717) is 0 Å². The molecule has 2 nitrogen and oxygen atoms in total. The van der Waals surface area contributed by atoms with Crippen LogP contribution in [-0.4, -0.2) is 9.97 Å². The highest BCUT2D eigenvalue weighted by Crippen LogP contribution is 2.24. The highest BCUT2D eigenvalue weighted by atomic mass is 14.8. The van der Waals surface area contributed by atoms with Crippen LogP contribution in [0.4, 0.5) is 0 Å². The van der Waals surface area contributed by atoms with E-state index < -0.39 is 0 Å². The van der Waals surface area contributed by atoms with Crippen molar-refractivity contribution in [1.29, 1.82) is 0 Å². The summed E-state index contributed by atoms with van der Waals surface area (Å²) in [6.07, 6.45) is 1.59. The Labute approximate surface area is 199 Å². The maximum absolute atomic E-state index is 4.98. The van der Waals surface area contributed by atoms with Gasteiger partial charge in [0, 0.05) is 24.2 Å². The summed E-state index contributed by atoms with van der Waals surface area (Å²) in [5, 5.41) is 5.10. The minimum Gasteiger partial charge on any atom is -0.251 e. The average molecular weight is 437 g/mol. The minimum atomic E-state index is 0.797. The maximum Gasteiger partial charge on any atom is 0.0889 e. The molecule has 2 aromatic heterocycles. The van der Waals surface area contributed by atoms with Gasteiger partial charge in [-0.3, -0.25) is 9.97 Å². The van der Waals surface area contributed by atoms with E-state index in [1.807, 2.05) is 0 Å². The summed E-state index contributed by atoms with van der Waals surface area (Å²) in [7, 11) is 0. The number of rotatable bonds is 5. The van der Waals surface area contributed by atoms with E-state index in [0.717, 1.165) is 35.6 Å². The number of hydrogen-bond acceptors (Lipinski definition) is 2. The summed E-state index contributed by atoms with van der Waals surface area (Å²) in [5.74, 6) is 0. The van der Waals surface area contributed by atoms with Gasteiger partial charge in [-0.25, -0.2) is 0 Å². The number of benzene rings is 4. The molecule has 0 aliphatic heterocycles. The predicted octanol–water partition coefficient (Wildman–Crippen LogP) is 7.63. The largest absolute Gasteiger partial charge is 0.251 e. The number of nitrogens with zero attached hydrogens (tertiary/aromatic N) is 2. The van der Waals surface area contributed by atoms with Gasteiger partial charge in [-0.2, -0.15) is 0 Å². The smallest absolute Gasteiger partial charge is 0.0889 e. The molecule has 4 aromatic carbocycles. The molecule has 2 heteroatoms. The Balaban J connectivity index is 1.30. The van der Waals surface area contributed by atoms with E-state index >= 15 is 0 Å². The molecule has 0 unspecified atom stereocenters. The highest BCUT2D eigenvalue weighted by Gasteiger charge is 2.08. The van der Waals surface area contributed by atoms with Gasteiger partial charge in [-0.05, 0) is 56.9 Å². The van der Waals surface area contributed by atoms with Gasteiger partial charge in [-0.1, -0.05) is 97.1 Å². The normalized spacial score (nSPS) is 11.2. The molecule has 6 aromatic rings. The van der Waals surface area contributed by atoms with Gasteiger partial charge in [0.25, 0.3) is 0 Å². The van der Waals surface area contributed by atoms with Gasteiger partial charge in [-0.15, -0.1) is 0 Å². The third kappa shape index (κ3) is 4.06. The van der Waals surface area contributed by atoms with Crippen molar-refractivity contribution in [3.8, 4) is 11.4 Å². The lowest BCUT2D eigenvalue weighted by molar-refractivity contribution is 1.05. The molecule has 0 saturated carbocycles. The quantitative estimate of drug-likeness (QED) is 0.278. The second-order valence-electron chi connectivity index (χ2n) is 8.66. The van der Waals surface area contributed by atoms with Crippen LogP contribution >= 0.6 is 0 Å². The van der Waals surface area contributed by atoms with Crippen LogP contribution in [0.1, 0.15) is 22.5 Å². The number of hydrogen-bond donors (Lipinski definition) is 0. The van der Waals surface area contributed by atoms with Crippen molar-refractivity contribution in [3.05, 3.63) is 144 Å². The van der Waals surface area contributed by atoms with Gasteiger partial charge in [0.05, 0.1) is 11.4 Å². The van der Waals surface area contributed by atoms with Gasteiger partial charge < -0.3 is 0 Å². The zero-order chi connectivity index (χ0) is 22.7. The first kappa shape index (κ1) is 20.3. The first-order valence-corrected chi connectivity index (χ1v) is 11.7. The number of pyridine rings is 2. The van der Waals surface area contributed by atoms with Crippen LogP contribution in [0.25, 0.3) is 32.9 Å². The Morgan fingerprint density at radius 2 is 0.794 bits per heavy atom. The number of aromatic nitrogens is 2. The topological polar surface area (TPSA) is 25.8 Å². The molecule has 0 atom stereocenters. The van der Waals surface area contributed by atoms with Gasteiger partial charge >= 0.3 is 0 Å². The lowest BCUT2D eigenvalue weighted by Gasteiger charge is -2.09. The Morgan fingerprint density at radius 1 is 0.382 bits per heavy atom. The van der Waals surface area contributed by atoms with Gasteiger partial charge in [0.15, 0.2) is 0 Å². The second kappa shape index (κ2) is 8.92. The fraction of sp³-hybridized carbons (Fsp3) is 0.0625. The summed E-state index contributed by atoms with van der Waals surface area (Å²) < 4.78 is 0. The van der Waals surface area contributed by atoms with E-state index in [-0.39, 0.29) is 0 Å². The van der Waals surface area contributed by atoms with E-state index in [2.05, 4.69) is 121 Å². The molecule has 0 N–H and O–H groups in total. The summed E-state index contributed by atoms with van der Waals surface area (Å²) >= 11 is 0. The molecule has 2 heterocycles. The van der Waals surface area contributed by atoms with Crippen molar-refractivity contribution in [2.75, 3.05) is 0 Å². The van der Waals surface area contributed by atoms with E-state index in [1.165, 1.54) is 32.7 Å². The Bertz CT molecular complexity index is 1480. The van der Waals surface area contributed by atoms with Crippen LogP contribution in [0.2, 0.25) is 0 Å². The minimum absolute atomic E-state index is 0.797. The lowest BCUT2D eigenvalue weighted by Crippen LogP contribution is -1.98. The summed E-state index contributed by atoms with van der Waals surface area (Å²) in [4.78, 5) is 9.96. The van der Waals surface area contributed by atoms with Crippen molar-refractivity contribution in [3.63, 3.8) is 0 Å². The monoisotopic (exact) mass is 436 g/mol. The SMILES string of the molecule is c1cc(Cc2cccc3ccccc23)nc(-c2cccc(Cc3cccc4ccccc34)n2)c1. The number of fused-ring (bicyclic) bond motifs is 2. The van der Waals surface area contributed by atoms with E-state index in [1.54, 1.807) is 0 Å². The lowest BCUT2D eigenvalue weighted by atomic mass is 10.00. The predicted molar refractivity (Wildman–Crippen MR) is 141 cm³/mol. The summed E-state index contributed by atoms with van der Waals surface area (Å²) in [5.41, 5.74) is 6.51. The Morgan fingerprint density at radius 3 is 1.29 bits per heavy atom. The van der Waals surface area contributed by atoms with Crippen LogP contribution in [0.3, 0.4) is 0 Å². The first-order valence-electron chi connectivity index (χ1n) is 11.7. The molecule has 0 amide bonds. The van der Waals surface area contributed by atoms with Crippen LogP contribution < -0.4 is 0 Å². The van der Waals surface area contributed by atoms with E-state index in [4.69, 9.17) is 9.97 Å². The Kier molecular flexibility index (Phi) is 5.33.